The predicted molar refractivity (Wildman–Crippen MR) is 71.0 cm³/mol. The lowest BCUT2D eigenvalue weighted by molar-refractivity contribution is -0.0270. The van der Waals surface area contributed by atoms with Gasteiger partial charge in [-0.1, -0.05) is 18.6 Å². The highest BCUT2D eigenvalue weighted by atomic mass is 79.9. The first-order valence-electron chi connectivity index (χ1n) is 6.09. The van der Waals surface area contributed by atoms with Crippen molar-refractivity contribution in [2.24, 2.45) is 0 Å². The van der Waals surface area contributed by atoms with E-state index < -0.39 is 0 Å². The molecule has 0 heterocycles. The summed E-state index contributed by atoms with van der Waals surface area (Å²) in [4.78, 5) is 12.1. The number of hydrogen-bond donors (Lipinski definition) is 0. The molecule has 0 spiro atoms. The monoisotopic (exact) mass is 296 g/mol. The van der Waals surface area contributed by atoms with Crippen LogP contribution in [0.1, 0.15) is 49.4 Å². The van der Waals surface area contributed by atoms with Crippen LogP contribution in [0, 0.1) is 0 Å². The molecule has 1 aliphatic carbocycles. The zero-order chi connectivity index (χ0) is 12.3. The van der Waals surface area contributed by atoms with Crippen molar-refractivity contribution in [2.75, 3.05) is 0 Å². The molecule has 2 nitrogen and oxygen atoms in total. The normalized spacial score (nSPS) is 18.7. The number of esters is 1. The molecule has 0 aromatic heterocycles. The van der Waals surface area contributed by atoms with E-state index in [2.05, 4.69) is 15.9 Å². The Hall–Kier alpha value is -0.830. The van der Waals surface area contributed by atoms with Crippen molar-refractivity contribution in [3.8, 4) is 0 Å². The van der Waals surface area contributed by atoms with Crippen LogP contribution in [0.2, 0.25) is 0 Å². The third-order valence-electron chi connectivity index (χ3n) is 3.34. The van der Waals surface area contributed by atoms with Crippen LogP contribution in [0.15, 0.2) is 28.7 Å². The van der Waals surface area contributed by atoms with Crippen molar-refractivity contribution < 1.29 is 9.53 Å². The zero-order valence-electron chi connectivity index (χ0n) is 10.0. The first-order chi connectivity index (χ1) is 8.11. The van der Waals surface area contributed by atoms with E-state index in [0.717, 1.165) is 30.2 Å². The van der Waals surface area contributed by atoms with Crippen molar-refractivity contribution >= 4 is 21.9 Å². The standard InChI is InChI=1S/C14H17BrO2/c1-14(9-5-2-6-10-14)17-13(16)11-7-3-4-8-12(11)15/h3-4,7-8H,2,5-6,9-10H2,1H3. The van der Waals surface area contributed by atoms with Crippen molar-refractivity contribution in [1.29, 1.82) is 0 Å². The fraction of sp³-hybridized carbons (Fsp3) is 0.500. The van der Waals surface area contributed by atoms with Crippen molar-refractivity contribution in [2.45, 2.75) is 44.6 Å². The highest BCUT2D eigenvalue weighted by Crippen LogP contribution is 2.32. The molecule has 0 amide bonds. The highest BCUT2D eigenvalue weighted by molar-refractivity contribution is 9.10. The summed E-state index contributed by atoms with van der Waals surface area (Å²) in [5, 5.41) is 0. The number of hydrogen-bond acceptors (Lipinski definition) is 2. The van der Waals surface area contributed by atoms with Crippen LogP contribution in [0.3, 0.4) is 0 Å². The maximum absolute atomic E-state index is 12.1. The van der Waals surface area contributed by atoms with E-state index >= 15 is 0 Å². The van der Waals surface area contributed by atoms with E-state index in [9.17, 15) is 4.79 Å². The second-order valence-electron chi connectivity index (χ2n) is 4.88. The van der Waals surface area contributed by atoms with Gasteiger partial charge in [-0.15, -0.1) is 0 Å². The van der Waals surface area contributed by atoms with Crippen molar-refractivity contribution in [1.82, 2.24) is 0 Å². The molecule has 0 unspecified atom stereocenters. The topological polar surface area (TPSA) is 26.3 Å². The average molecular weight is 297 g/mol. The van der Waals surface area contributed by atoms with Crippen LogP contribution < -0.4 is 0 Å². The van der Waals surface area contributed by atoms with Crippen LogP contribution >= 0.6 is 15.9 Å². The average Bonchev–Trinajstić information content (AvgIpc) is 2.29. The van der Waals surface area contributed by atoms with E-state index in [0.29, 0.717) is 5.56 Å². The number of carbonyl (C=O) groups excluding carboxylic acids is 1. The van der Waals surface area contributed by atoms with E-state index in [4.69, 9.17) is 4.74 Å². The van der Waals surface area contributed by atoms with Gasteiger partial charge in [0.05, 0.1) is 5.56 Å². The molecule has 1 aromatic rings. The van der Waals surface area contributed by atoms with Gasteiger partial charge in [-0.3, -0.25) is 0 Å². The van der Waals surface area contributed by atoms with Gasteiger partial charge in [-0.2, -0.15) is 0 Å². The third-order valence-corrected chi connectivity index (χ3v) is 4.04. The molecule has 0 saturated heterocycles. The Morgan fingerprint density at radius 1 is 1.24 bits per heavy atom. The summed E-state index contributed by atoms with van der Waals surface area (Å²) in [5.41, 5.74) is 0.337. The molecule has 0 N–H and O–H groups in total. The predicted octanol–water partition coefficient (Wildman–Crippen LogP) is 4.33. The molecular weight excluding hydrogens is 280 g/mol. The fourth-order valence-corrected chi connectivity index (χ4v) is 2.75. The number of halogens is 1. The Labute approximate surface area is 110 Å². The Bertz CT molecular complexity index is 408. The quantitative estimate of drug-likeness (QED) is 0.759. The third kappa shape index (κ3) is 3.09. The minimum atomic E-state index is -0.273. The van der Waals surface area contributed by atoms with E-state index in [1.165, 1.54) is 6.42 Å². The molecule has 1 fully saturated rings. The summed E-state index contributed by atoms with van der Waals surface area (Å²) in [5.74, 6) is -0.220. The maximum Gasteiger partial charge on any atom is 0.339 e. The van der Waals surface area contributed by atoms with Gasteiger partial charge >= 0.3 is 5.97 Å². The second-order valence-corrected chi connectivity index (χ2v) is 5.73. The minimum Gasteiger partial charge on any atom is -0.456 e. The molecule has 0 atom stereocenters. The largest absolute Gasteiger partial charge is 0.456 e. The molecule has 0 radical (unpaired) electrons. The molecule has 17 heavy (non-hydrogen) atoms. The van der Waals surface area contributed by atoms with E-state index in [-0.39, 0.29) is 11.6 Å². The van der Waals surface area contributed by atoms with Crippen LogP contribution in [-0.2, 0) is 4.74 Å². The van der Waals surface area contributed by atoms with Crippen LogP contribution in [0.25, 0.3) is 0 Å². The summed E-state index contributed by atoms with van der Waals surface area (Å²) in [6.07, 6.45) is 5.51. The molecule has 0 aliphatic heterocycles. The lowest BCUT2D eigenvalue weighted by atomic mass is 9.86. The molecule has 2 rings (SSSR count). The fourth-order valence-electron chi connectivity index (χ4n) is 2.31. The van der Waals surface area contributed by atoms with Gasteiger partial charge in [0.15, 0.2) is 0 Å². The number of ether oxygens (including phenoxy) is 1. The number of rotatable bonds is 2. The van der Waals surface area contributed by atoms with E-state index in [1.54, 1.807) is 6.07 Å². The molecular formula is C14H17BrO2. The summed E-state index contributed by atoms with van der Waals surface area (Å²) in [7, 11) is 0. The number of carbonyl (C=O) groups is 1. The van der Waals surface area contributed by atoms with Crippen molar-refractivity contribution in [3.63, 3.8) is 0 Å². The summed E-state index contributed by atoms with van der Waals surface area (Å²) >= 11 is 3.38. The Kier molecular flexibility index (Phi) is 3.87. The summed E-state index contributed by atoms with van der Waals surface area (Å²) < 4.78 is 6.47. The maximum atomic E-state index is 12.1. The minimum absolute atomic E-state index is 0.220. The molecule has 1 saturated carbocycles. The van der Waals surface area contributed by atoms with Crippen molar-refractivity contribution in [3.05, 3.63) is 34.3 Å². The summed E-state index contributed by atoms with van der Waals surface area (Å²) in [6, 6.07) is 7.39. The van der Waals surface area contributed by atoms with Crippen LogP contribution in [0.5, 0.6) is 0 Å². The number of benzene rings is 1. The summed E-state index contributed by atoms with van der Waals surface area (Å²) in [6.45, 7) is 2.04. The van der Waals surface area contributed by atoms with Gasteiger partial charge in [-0.05, 0) is 60.7 Å². The van der Waals surface area contributed by atoms with Gasteiger partial charge in [0, 0.05) is 4.47 Å². The van der Waals surface area contributed by atoms with Gasteiger partial charge in [0.2, 0.25) is 0 Å². The second kappa shape index (κ2) is 5.21. The zero-order valence-corrected chi connectivity index (χ0v) is 11.6. The lowest BCUT2D eigenvalue weighted by Gasteiger charge is -2.33. The highest BCUT2D eigenvalue weighted by Gasteiger charge is 2.31. The first-order valence-corrected chi connectivity index (χ1v) is 6.88. The van der Waals surface area contributed by atoms with Gasteiger partial charge in [0.1, 0.15) is 5.60 Å². The van der Waals surface area contributed by atoms with Crippen LogP contribution in [-0.4, -0.2) is 11.6 Å². The van der Waals surface area contributed by atoms with Gasteiger partial charge in [0.25, 0.3) is 0 Å². The SMILES string of the molecule is CC1(OC(=O)c2ccccc2Br)CCCCC1. The molecule has 3 heteroatoms. The Morgan fingerprint density at radius 2 is 1.88 bits per heavy atom. The smallest absolute Gasteiger partial charge is 0.339 e. The van der Waals surface area contributed by atoms with Gasteiger partial charge < -0.3 is 4.74 Å². The molecule has 1 aliphatic rings. The Balaban J connectivity index is 2.09. The lowest BCUT2D eigenvalue weighted by Crippen LogP contribution is -2.34. The van der Waals surface area contributed by atoms with Gasteiger partial charge in [-0.25, -0.2) is 4.79 Å². The first kappa shape index (κ1) is 12.6. The molecule has 1 aromatic carbocycles. The molecule has 0 bridgehead atoms. The molecule has 92 valence electrons. The van der Waals surface area contributed by atoms with E-state index in [1.807, 2.05) is 25.1 Å². The Morgan fingerprint density at radius 3 is 2.53 bits per heavy atom. The van der Waals surface area contributed by atoms with Crippen LogP contribution in [0.4, 0.5) is 0 Å².